The Balaban J connectivity index is 0.000000247. The molecule has 2 atom stereocenters. The molecule has 4 aromatic carbocycles. The standard InChI is InChI=1S/2C24H30FNO5S2/c2*1-4-6-11-24(5-2)15-26(18-9-7-17(25)8-10-18)19-12-21(32-3)20(31-14-23(27)28)13-22(19)33(29,30)16-24/h2*7-10,12-13H,4-6,11,14-16H2,1-3H3,(H,27,28)/t2*24-/m10/s1. The number of hydrogen-bond donors (Lipinski definition) is 2. The molecule has 0 radical (unpaired) electrons. The second kappa shape index (κ2) is 22.5. The monoisotopic (exact) mass is 990 g/mol. The summed E-state index contributed by atoms with van der Waals surface area (Å²) < 4.78 is 93.0. The van der Waals surface area contributed by atoms with Crippen molar-refractivity contribution in [2.75, 3.05) is 60.1 Å². The first kappa shape index (κ1) is 52.4. The number of anilines is 4. The molecule has 2 aliphatic heterocycles. The molecule has 0 aromatic heterocycles. The third kappa shape index (κ3) is 12.5. The van der Waals surface area contributed by atoms with Crippen molar-refractivity contribution in [3.05, 3.63) is 84.4 Å². The van der Waals surface area contributed by atoms with Gasteiger partial charge in [-0.3, -0.25) is 0 Å². The zero-order chi connectivity index (χ0) is 48.5. The molecule has 66 heavy (non-hydrogen) atoms. The van der Waals surface area contributed by atoms with Gasteiger partial charge in [0.25, 0.3) is 0 Å². The van der Waals surface area contributed by atoms with Gasteiger partial charge in [-0.15, -0.1) is 23.5 Å². The summed E-state index contributed by atoms with van der Waals surface area (Å²) in [4.78, 5) is 27.5. The zero-order valence-electron chi connectivity index (χ0n) is 38.3. The highest BCUT2D eigenvalue weighted by Gasteiger charge is 2.43. The molecule has 0 bridgehead atoms. The molecule has 0 unspecified atom stereocenters. The van der Waals surface area contributed by atoms with Crippen molar-refractivity contribution in [3.8, 4) is 11.5 Å². The van der Waals surface area contributed by atoms with E-state index in [2.05, 4.69) is 13.8 Å². The number of carboxylic acid groups (broad SMARTS) is 2. The van der Waals surface area contributed by atoms with Gasteiger partial charge in [-0.25, -0.2) is 35.2 Å². The lowest BCUT2D eigenvalue weighted by Crippen LogP contribution is -2.37. The Hall–Kier alpha value is -4.52. The van der Waals surface area contributed by atoms with Crippen LogP contribution in [-0.2, 0) is 29.3 Å². The van der Waals surface area contributed by atoms with Gasteiger partial charge in [0.05, 0.1) is 42.5 Å². The number of hydrogen-bond acceptors (Lipinski definition) is 12. The summed E-state index contributed by atoms with van der Waals surface area (Å²) in [5.74, 6) is -2.59. The summed E-state index contributed by atoms with van der Waals surface area (Å²) in [5.41, 5.74) is 1.44. The van der Waals surface area contributed by atoms with Gasteiger partial charge in [-0.05, 0) is 98.9 Å². The van der Waals surface area contributed by atoms with Crippen molar-refractivity contribution in [2.45, 2.75) is 98.6 Å². The fraction of sp³-hybridized carbons (Fsp3) is 0.458. The number of aliphatic carboxylic acids is 2. The Kier molecular flexibility index (Phi) is 17.9. The van der Waals surface area contributed by atoms with E-state index in [1.807, 2.05) is 36.2 Å². The van der Waals surface area contributed by atoms with Crippen molar-refractivity contribution >= 4 is 77.9 Å². The molecule has 0 saturated heterocycles. The van der Waals surface area contributed by atoms with E-state index >= 15 is 0 Å². The van der Waals surface area contributed by atoms with Gasteiger partial charge in [-0.1, -0.05) is 53.4 Å². The molecule has 6 rings (SSSR count). The van der Waals surface area contributed by atoms with E-state index in [0.717, 1.165) is 38.5 Å². The molecule has 0 fully saturated rings. The normalized spacial score (nSPS) is 19.6. The first-order valence-electron chi connectivity index (χ1n) is 21.9. The van der Waals surface area contributed by atoms with Crippen LogP contribution in [0.5, 0.6) is 11.5 Å². The Morgan fingerprint density at radius 3 is 1.26 bits per heavy atom. The highest BCUT2D eigenvalue weighted by atomic mass is 32.2. The van der Waals surface area contributed by atoms with Crippen molar-refractivity contribution in [1.29, 1.82) is 0 Å². The number of unbranched alkanes of at least 4 members (excludes halogenated alkanes) is 2. The molecule has 2 N–H and O–H groups in total. The third-order valence-corrected chi connectivity index (χ3v) is 17.8. The topological polar surface area (TPSA) is 168 Å². The van der Waals surface area contributed by atoms with E-state index in [1.54, 1.807) is 36.4 Å². The minimum atomic E-state index is -3.72. The highest BCUT2D eigenvalue weighted by molar-refractivity contribution is 7.99. The number of ether oxygens (including phenoxy) is 2. The number of rotatable bonds is 18. The van der Waals surface area contributed by atoms with E-state index in [-0.39, 0.29) is 44.4 Å². The summed E-state index contributed by atoms with van der Waals surface area (Å²) in [7, 11) is -7.43. The fourth-order valence-corrected chi connectivity index (χ4v) is 14.0. The van der Waals surface area contributed by atoms with Crippen molar-refractivity contribution in [1.82, 2.24) is 0 Å². The van der Waals surface area contributed by atoms with Crippen LogP contribution < -0.4 is 19.3 Å². The van der Waals surface area contributed by atoms with Gasteiger partial charge in [0.1, 0.15) is 23.1 Å². The third-order valence-electron chi connectivity index (χ3n) is 12.3. The van der Waals surface area contributed by atoms with E-state index < -0.39 is 55.7 Å². The SMILES string of the molecule is CCCC[C@@]1(CC)CN(c2ccc(F)cc2)c2cc(SC)c(OCC(=O)O)cc2S(=O)(=O)C1.CCCC[C@]1(CC)CN(c2ccc(F)cc2)c2cc(SC)c(OCC(=O)O)cc2S(=O)(=O)C1. The Bertz CT molecular complexity index is 2390. The van der Waals surface area contributed by atoms with E-state index in [4.69, 9.17) is 19.7 Å². The van der Waals surface area contributed by atoms with Crippen LogP contribution >= 0.6 is 23.5 Å². The maximum Gasteiger partial charge on any atom is 0.341 e. The number of nitrogens with zero attached hydrogens (tertiary/aromatic N) is 2. The maximum absolute atomic E-state index is 13.7. The van der Waals surface area contributed by atoms with Crippen LogP contribution in [0.3, 0.4) is 0 Å². The van der Waals surface area contributed by atoms with Crippen LogP contribution in [0.2, 0.25) is 0 Å². The molecule has 0 spiro atoms. The lowest BCUT2D eigenvalue weighted by molar-refractivity contribution is -0.140. The molecule has 0 amide bonds. The first-order chi connectivity index (χ1) is 31.3. The number of carboxylic acids is 2. The minimum absolute atomic E-state index is 0.0157. The number of thioether (sulfide) groups is 2. The summed E-state index contributed by atoms with van der Waals surface area (Å²) in [6, 6.07) is 18.5. The van der Waals surface area contributed by atoms with Crippen LogP contribution in [-0.4, -0.2) is 89.3 Å². The second-order valence-corrected chi connectivity index (χ2v) is 22.5. The first-order valence-corrected chi connectivity index (χ1v) is 27.7. The molecule has 18 heteroatoms. The summed E-state index contributed by atoms with van der Waals surface area (Å²) in [6.07, 6.45) is 10.2. The highest BCUT2D eigenvalue weighted by Crippen LogP contribution is 2.49. The summed E-state index contributed by atoms with van der Waals surface area (Å²) in [6.45, 7) is 8.01. The van der Waals surface area contributed by atoms with Gasteiger partial charge in [0, 0.05) is 47.4 Å². The summed E-state index contributed by atoms with van der Waals surface area (Å²) >= 11 is 2.69. The molecule has 12 nitrogen and oxygen atoms in total. The van der Waals surface area contributed by atoms with Gasteiger partial charge < -0.3 is 29.5 Å². The summed E-state index contributed by atoms with van der Waals surface area (Å²) in [5, 5.41) is 18.1. The van der Waals surface area contributed by atoms with E-state index in [1.165, 1.54) is 59.9 Å². The van der Waals surface area contributed by atoms with Gasteiger partial charge in [-0.2, -0.15) is 0 Å². The molecular weight excluding hydrogens is 931 g/mol. The van der Waals surface area contributed by atoms with Gasteiger partial charge in [0.15, 0.2) is 32.9 Å². The predicted octanol–water partition coefficient (Wildman–Crippen LogP) is 11.0. The molecule has 2 aliphatic rings. The molecule has 4 aromatic rings. The number of halogens is 2. The van der Waals surface area contributed by atoms with Gasteiger partial charge in [0.2, 0.25) is 0 Å². The predicted molar refractivity (Wildman–Crippen MR) is 258 cm³/mol. The molecule has 2 heterocycles. The average Bonchev–Trinajstić information content (AvgIpc) is 3.45. The van der Waals surface area contributed by atoms with Crippen LogP contribution in [0.25, 0.3) is 0 Å². The van der Waals surface area contributed by atoms with Crippen LogP contribution in [0.1, 0.15) is 79.1 Å². The van der Waals surface area contributed by atoms with E-state index in [9.17, 15) is 35.2 Å². The van der Waals surface area contributed by atoms with Crippen LogP contribution in [0.15, 0.2) is 92.4 Å². The number of carbonyl (C=O) groups is 2. The van der Waals surface area contributed by atoms with Crippen molar-refractivity contribution in [2.24, 2.45) is 10.8 Å². The van der Waals surface area contributed by atoms with Gasteiger partial charge >= 0.3 is 11.9 Å². The zero-order valence-corrected chi connectivity index (χ0v) is 41.5. The van der Waals surface area contributed by atoms with E-state index in [0.29, 0.717) is 58.5 Å². The van der Waals surface area contributed by atoms with Crippen LogP contribution in [0, 0.1) is 22.5 Å². The Morgan fingerprint density at radius 1 is 0.621 bits per heavy atom. The number of sulfone groups is 2. The number of benzene rings is 4. The molecule has 360 valence electrons. The lowest BCUT2D eigenvalue weighted by Gasteiger charge is -2.36. The lowest BCUT2D eigenvalue weighted by atomic mass is 9.81. The molecule has 0 aliphatic carbocycles. The number of fused-ring (bicyclic) bond motifs is 2. The van der Waals surface area contributed by atoms with Crippen molar-refractivity contribution in [3.63, 3.8) is 0 Å². The maximum atomic E-state index is 13.7. The second-order valence-electron chi connectivity index (χ2n) is 16.9. The smallest absolute Gasteiger partial charge is 0.341 e. The average molecular weight is 991 g/mol. The molecule has 0 saturated carbocycles. The minimum Gasteiger partial charge on any atom is -0.481 e. The van der Waals surface area contributed by atoms with Crippen molar-refractivity contribution < 1.29 is 54.9 Å². The largest absolute Gasteiger partial charge is 0.481 e. The fourth-order valence-electron chi connectivity index (χ4n) is 8.59. The Labute approximate surface area is 396 Å². The molecular formula is C48H60F2N2O10S4. The van der Waals surface area contributed by atoms with Crippen LogP contribution in [0.4, 0.5) is 31.5 Å². The quantitative estimate of drug-likeness (QED) is 0.0904. The Morgan fingerprint density at radius 2 is 0.970 bits per heavy atom.